The zero-order valence-electron chi connectivity index (χ0n) is 17.6. The van der Waals surface area contributed by atoms with Gasteiger partial charge in [0.05, 0.1) is 11.6 Å². The van der Waals surface area contributed by atoms with Gasteiger partial charge in [-0.15, -0.1) is 0 Å². The van der Waals surface area contributed by atoms with Crippen molar-refractivity contribution in [2.75, 3.05) is 6.61 Å². The number of rotatable bonds is 7. The summed E-state index contributed by atoms with van der Waals surface area (Å²) in [4.78, 5) is 31.5. The molecule has 166 valence electrons. The first-order chi connectivity index (χ1) is 16.0. The predicted molar refractivity (Wildman–Crippen MR) is 121 cm³/mol. The smallest absolute Gasteiger partial charge is 0.295 e. The maximum absolute atomic E-state index is 13.4. The van der Waals surface area contributed by atoms with Crippen LogP contribution in [0.15, 0.2) is 91.3 Å². The minimum Gasteiger partial charge on any atom is -0.507 e. The number of carbonyl (C=O) groups excluding carboxylic acids is 2. The Morgan fingerprint density at radius 1 is 1.12 bits per heavy atom. The lowest BCUT2D eigenvalue weighted by Gasteiger charge is -2.25. The normalized spacial score (nSPS) is 17.2. The number of likely N-dealkylation sites (tertiary alicyclic amines) is 1. The summed E-state index contributed by atoms with van der Waals surface area (Å²) in [7, 11) is 0. The van der Waals surface area contributed by atoms with Gasteiger partial charge in [-0.3, -0.25) is 14.6 Å². The minimum absolute atomic E-state index is 0.0599. The molecule has 1 amide bonds. The molecule has 0 unspecified atom stereocenters. The molecule has 7 heteroatoms. The number of ether oxygens (including phenoxy) is 1. The number of ketones is 1. The van der Waals surface area contributed by atoms with Crippen molar-refractivity contribution in [3.63, 3.8) is 0 Å². The van der Waals surface area contributed by atoms with Crippen LogP contribution in [0.3, 0.4) is 0 Å². The van der Waals surface area contributed by atoms with Gasteiger partial charge in [0.2, 0.25) is 0 Å². The number of hydrogen-bond acceptors (Lipinski definition) is 5. The third kappa shape index (κ3) is 4.52. The molecule has 33 heavy (non-hydrogen) atoms. The van der Waals surface area contributed by atoms with E-state index in [9.17, 15) is 19.1 Å². The van der Waals surface area contributed by atoms with Gasteiger partial charge in [-0.25, -0.2) is 4.39 Å². The van der Waals surface area contributed by atoms with Crippen molar-refractivity contribution < 1.29 is 23.8 Å². The van der Waals surface area contributed by atoms with Gasteiger partial charge in [0.25, 0.3) is 11.7 Å². The standard InChI is InChI=1S/C26H21FN2O4/c1-2-14-33-21-11-7-18(8-12-21)23-22(24(30)19-5-9-20(27)10-6-19)25(31)26(32)29(23)16-17-4-3-13-28-15-17/h2-13,15,23,30H,1,14,16H2/t23-/m1/s1. The van der Waals surface area contributed by atoms with Crippen molar-refractivity contribution in [3.05, 3.63) is 114 Å². The third-order valence-corrected chi connectivity index (χ3v) is 5.30. The van der Waals surface area contributed by atoms with Gasteiger partial charge in [-0.2, -0.15) is 0 Å². The van der Waals surface area contributed by atoms with E-state index >= 15 is 0 Å². The van der Waals surface area contributed by atoms with Crippen molar-refractivity contribution in [2.45, 2.75) is 12.6 Å². The van der Waals surface area contributed by atoms with Crippen LogP contribution in [0, 0.1) is 5.82 Å². The third-order valence-electron chi connectivity index (χ3n) is 5.30. The van der Waals surface area contributed by atoms with Gasteiger partial charge < -0.3 is 14.7 Å². The average molecular weight is 444 g/mol. The van der Waals surface area contributed by atoms with Crippen LogP contribution in [0.25, 0.3) is 5.76 Å². The van der Waals surface area contributed by atoms with Crippen LogP contribution in [-0.2, 0) is 16.1 Å². The number of Topliss-reactive ketones (excluding diaryl/α,β-unsaturated/α-hetero) is 1. The van der Waals surface area contributed by atoms with E-state index in [4.69, 9.17) is 4.74 Å². The maximum Gasteiger partial charge on any atom is 0.295 e. The molecule has 1 aliphatic rings. The maximum atomic E-state index is 13.4. The van der Waals surface area contributed by atoms with E-state index in [1.165, 1.54) is 29.2 Å². The van der Waals surface area contributed by atoms with Gasteiger partial charge >= 0.3 is 0 Å². The summed E-state index contributed by atoms with van der Waals surface area (Å²) in [5, 5.41) is 11.0. The van der Waals surface area contributed by atoms with E-state index in [1.54, 1.807) is 54.9 Å². The molecule has 0 saturated carbocycles. The molecule has 0 radical (unpaired) electrons. The summed E-state index contributed by atoms with van der Waals surface area (Å²) >= 11 is 0. The second kappa shape index (κ2) is 9.48. The first-order valence-electron chi connectivity index (χ1n) is 10.3. The molecule has 0 spiro atoms. The summed E-state index contributed by atoms with van der Waals surface area (Å²) in [6, 6.07) is 14.7. The number of amides is 1. The van der Waals surface area contributed by atoms with Gasteiger partial charge in [0, 0.05) is 24.5 Å². The highest BCUT2D eigenvalue weighted by Gasteiger charge is 2.46. The summed E-state index contributed by atoms with van der Waals surface area (Å²) in [6.45, 7) is 4.08. The number of hydrogen-bond donors (Lipinski definition) is 1. The minimum atomic E-state index is -0.844. The topological polar surface area (TPSA) is 79.7 Å². The Bertz CT molecular complexity index is 1210. The lowest BCUT2D eigenvalue weighted by molar-refractivity contribution is -0.140. The molecule has 0 bridgehead atoms. The number of aliphatic hydroxyl groups excluding tert-OH is 1. The van der Waals surface area contributed by atoms with E-state index in [0.29, 0.717) is 17.9 Å². The Morgan fingerprint density at radius 3 is 2.48 bits per heavy atom. The molecule has 4 rings (SSSR count). The highest BCUT2D eigenvalue weighted by molar-refractivity contribution is 6.46. The zero-order valence-corrected chi connectivity index (χ0v) is 17.6. The highest BCUT2D eigenvalue weighted by Crippen LogP contribution is 2.40. The van der Waals surface area contributed by atoms with Crippen LogP contribution in [0.5, 0.6) is 5.75 Å². The number of aliphatic hydroxyl groups is 1. The highest BCUT2D eigenvalue weighted by atomic mass is 19.1. The van der Waals surface area contributed by atoms with Crippen molar-refractivity contribution >= 4 is 17.4 Å². The summed E-state index contributed by atoms with van der Waals surface area (Å²) in [6.07, 6.45) is 4.85. The SMILES string of the molecule is C=CCOc1ccc([C@@H]2C(=C(O)c3ccc(F)cc3)C(=O)C(=O)N2Cc2cccnc2)cc1. The lowest BCUT2D eigenvalue weighted by Crippen LogP contribution is -2.29. The number of pyridine rings is 1. The molecule has 1 aliphatic heterocycles. The number of aromatic nitrogens is 1. The second-order valence-corrected chi connectivity index (χ2v) is 7.46. The molecule has 1 N–H and O–H groups in total. The van der Waals surface area contributed by atoms with Crippen LogP contribution in [0.2, 0.25) is 0 Å². The summed E-state index contributed by atoms with van der Waals surface area (Å²) < 4.78 is 18.9. The van der Waals surface area contributed by atoms with Crippen LogP contribution in [0.4, 0.5) is 4.39 Å². The monoisotopic (exact) mass is 444 g/mol. The number of nitrogens with zero attached hydrogens (tertiary/aromatic N) is 2. The van der Waals surface area contributed by atoms with Crippen LogP contribution in [-0.4, -0.2) is 33.3 Å². The lowest BCUT2D eigenvalue weighted by atomic mass is 9.95. The van der Waals surface area contributed by atoms with Gasteiger partial charge in [0.1, 0.15) is 23.9 Å². The molecular weight excluding hydrogens is 423 g/mol. The Hall–Kier alpha value is -4.26. The van der Waals surface area contributed by atoms with E-state index in [-0.39, 0.29) is 23.4 Å². The fourth-order valence-corrected chi connectivity index (χ4v) is 3.74. The Balaban J connectivity index is 1.80. The van der Waals surface area contributed by atoms with E-state index in [0.717, 1.165) is 5.56 Å². The largest absolute Gasteiger partial charge is 0.507 e. The number of benzene rings is 2. The zero-order chi connectivity index (χ0) is 23.4. The van der Waals surface area contributed by atoms with Crippen LogP contribution in [0.1, 0.15) is 22.7 Å². The van der Waals surface area contributed by atoms with Crippen molar-refractivity contribution in [3.8, 4) is 5.75 Å². The van der Waals surface area contributed by atoms with E-state index < -0.39 is 23.5 Å². The predicted octanol–water partition coefficient (Wildman–Crippen LogP) is 4.41. The first kappa shape index (κ1) is 22.0. The van der Waals surface area contributed by atoms with Crippen molar-refractivity contribution in [1.29, 1.82) is 0 Å². The van der Waals surface area contributed by atoms with Gasteiger partial charge in [-0.05, 0) is 53.6 Å². The molecule has 1 atom stereocenters. The molecule has 1 saturated heterocycles. The molecule has 2 aromatic carbocycles. The van der Waals surface area contributed by atoms with Gasteiger partial charge in [0.15, 0.2) is 0 Å². The summed E-state index contributed by atoms with van der Waals surface area (Å²) in [5.74, 6) is -1.78. The molecular formula is C26H21FN2O4. The second-order valence-electron chi connectivity index (χ2n) is 7.46. The molecule has 1 fully saturated rings. The van der Waals surface area contributed by atoms with E-state index in [1.807, 2.05) is 0 Å². The first-order valence-corrected chi connectivity index (χ1v) is 10.3. The Labute approximate surface area is 190 Å². The molecule has 6 nitrogen and oxygen atoms in total. The molecule has 2 heterocycles. The van der Waals surface area contributed by atoms with Crippen molar-refractivity contribution in [1.82, 2.24) is 9.88 Å². The van der Waals surface area contributed by atoms with Crippen molar-refractivity contribution in [2.24, 2.45) is 0 Å². The Morgan fingerprint density at radius 2 is 1.85 bits per heavy atom. The summed E-state index contributed by atoms with van der Waals surface area (Å²) in [5.41, 5.74) is 1.53. The molecule has 0 aliphatic carbocycles. The van der Waals surface area contributed by atoms with Gasteiger partial charge in [-0.1, -0.05) is 30.9 Å². The number of halogens is 1. The number of carbonyl (C=O) groups is 2. The molecule has 3 aromatic rings. The van der Waals surface area contributed by atoms with Crippen LogP contribution >= 0.6 is 0 Å². The fraction of sp³-hybridized carbons (Fsp3) is 0.115. The Kier molecular flexibility index (Phi) is 6.31. The fourth-order valence-electron chi connectivity index (χ4n) is 3.74. The van der Waals surface area contributed by atoms with E-state index in [2.05, 4.69) is 11.6 Å². The quantitative estimate of drug-likeness (QED) is 0.253. The average Bonchev–Trinajstić information content (AvgIpc) is 3.08. The molecule has 1 aromatic heterocycles. The van der Waals surface area contributed by atoms with Crippen LogP contribution < -0.4 is 4.74 Å².